The lowest BCUT2D eigenvalue weighted by atomic mass is 10.1. The number of carbonyl (C=O) groups excluding carboxylic acids is 4. The van der Waals surface area contributed by atoms with Gasteiger partial charge in [-0.1, -0.05) is 0 Å². The van der Waals surface area contributed by atoms with Gasteiger partial charge in [0, 0.05) is 0 Å². The summed E-state index contributed by atoms with van der Waals surface area (Å²) >= 11 is 0. The second-order valence-electron chi connectivity index (χ2n) is 4.34. The van der Waals surface area contributed by atoms with Gasteiger partial charge in [-0.15, -0.1) is 0 Å². The van der Waals surface area contributed by atoms with Crippen molar-refractivity contribution in [3.63, 3.8) is 0 Å². The molecule has 0 aliphatic rings. The summed E-state index contributed by atoms with van der Waals surface area (Å²) in [5.74, 6) is -4.37. The molecule has 2 atom stereocenters. The number of primary amides is 1. The summed E-state index contributed by atoms with van der Waals surface area (Å²) in [7, 11) is 0. The molecule has 0 fully saturated rings. The van der Waals surface area contributed by atoms with Crippen LogP contribution in [-0.2, 0) is 24.0 Å². The fraction of sp³-hybridized carbons (Fsp3) is 0.545. The molecular weight excluding hydrogens is 298 g/mol. The van der Waals surface area contributed by atoms with Gasteiger partial charge in [-0.05, 0) is 6.92 Å². The van der Waals surface area contributed by atoms with Gasteiger partial charge < -0.3 is 32.5 Å². The van der Waals surface area contributed by atoms with E-state index in [9.17, 15) is 24.0 Å². The first-order valence-electron chi connectivity index (χ1n) is 6.25. The molecule has 0 aromatic heterocycles. The molecule has 0 aliphatic heterocycles. The molecule has 0 aromatic rings. The van der Waals surface area contributed by atoms with Gasteiger partial charge in [-0.25, -0.2) is 0 Å². The second-order valence-corrected chi connectivity index (χ2v) is 4.34. The predicted octanol–water partition coefficient (Wildman–Crippen LogP) is -3.99. The van der Waals surface area contributed by atoms with Crippen molar-refractivity contribution in [2.24, 2.45) is 11.5 Å². The fourth-order valence-corrected chi connectivity index (χ4v) is 1.28. The first-order valence-corrected chi connectivity index (χ1v) is 6.25. The highest BCUT2D eigenvalue weighted by Gasteiger charge is 2.25. The van der Waals surface area contributed by atoms with E-state index in [-0.39, 0.29) is 6.54 Å². The fourth-order valence-electron chi connectivity index (χ4n) is 1.28. The number of carbonyl (C=O) groups is 5. The lowest BCUT2D eigenvalue weighted by Crippen LogP contribution is -2.53. The SMILES string of the molecule is C[C@H](NC(=O)[C@H](CC(N)=O)NC(=O)CNC(=O)CN)C(=O)O. The average Bonchev–Trinajstić information content (AvgIpc) is 2.43. The van der Waals surface area contributed by atoms with Crippen LogP contribution in [0, 0.1) is 0 Å². The Morgan fingerprint density at radius 3 is 2.14 bits per heavy atom. The number of hydrogen-bond acceptors (Lipinski definition) is 6. The normalized spacial score (nSPS) is 12.6. The summed E-state index contributed by atoms with van der Waals surface area (Å²) in [4.78, 5) is 55.9. The van der Waals surface area contributed by atoms with Gasteiger partial charge in [0.1, 0.15) is 12.1 Å². The van der Waals surface area contributed by atoms with Crippen molar-refractivity contribution < 1.29 is 29.1 Å². The lowest BCUT2D eigenvalue weighted by Gasteiger charge is -2.19. The van der Waals surface area contributed by atoms with Crippen LogP contribution < -0.4 is 27.4 Å². The monoisotopic (exact) mass is 317 g/mol. The van der Waals surface area contributed by atoms with E-state index in [2.05, 4.69) is 16.0 Å². The molecule has 11 nitrogen and oxygen atoms in total. The van der Waals surface area contributed by atoms with Gasteiger partial charge in [-0.3, -0.25) is 24.0 Å². The van der Waals surface area contributed by atoms with Crippen LogP contribution in [0.25, 0.3) is 0 Å². The predicted molar refractivity (Wildman–Crippen MR) is 73.0 cm³/mol. The summed E-state index contributed by atoms with van der Waals surface area (Å²) in [6, 6.07) is -2.56. The van der Waals surface area contributed by atoms with E-state index in [1.165, 1.54) is 6.92 Å². The molecule has 0 bridgehead atoms. The molecule has 124 valence electrons. The lowest BCUT2D eigenvalue weighted by molar-refractivity contribution is -0.141. The van der Waals surface area contributed by atoms with Crippen LogP contribution in [0.2, 0.25) is 0 Å². The Morgan fingerprint density at radius 2 is 1.68 bits per heavy atom. The Hall–Kier alpha value is -2.69. The van der Waals surface area contributed by atoms with Crippen molar-refractivity contribution in [1.82, 2.24) is 16.0 Å². The van der Waals surface area contributed by atoms with E-state index in [1.807, 2.05) is 0 Å². The van der Waals surface area contributed by atoms with Gasteiger partial charge in [0.2, 0.25) is 23.6 Å². The zero-order chi connectivity index (χ0) is 17.3. The van der Waals surface area contributed by atoms with Crippen molar-refractivity contribution in [3.05, 3.63) is 0 Å². The number of nitrogens with one attached hydrogen (secondary N) is 3. The van der Waals surface area contributed by atoms with Crippen LogP contribution in [0.4, 0.5) is 0 Å². The Morgan fingerprint density at radius 1 is 1.09 bits per heavy atom. The summed E-state index contributed by atoms with van der Waals surface area (Å²) in [5, 5.41) is 15.1. The van der Waals surface area contributed by atoms with Crippen LogP contribution >= 0.6 is 0 Å². The number of carboxylic acids is 1. The highest BCUT2D eigenvalue weighted by atomic mass is 16.4. The highest BCUT2D eigenvalue weighted by Crippen LogP contribution is 1.94. The molecule has 0 rings (SSSR count). The van der Waals surface area contributed by atoms with Gasteiger partial charge in [-0.2, -0.15) is 0 Å². The first-order chi connectivity index (χ1) is 10.2. The first kappa shape index (κ1) is 19.3. The Balaban J connectivity index is 4.66. The van der Waals surface area contributed by atoms with Gasteiger partial charge >= 0.3 is 5.97 Å². The molecule has 11 heteroatoms. The van der Waals surface area contributed by atoms with Crippen molar-refractivity contribution in [3.8, 4) is 0 Å². The molecular formula is C11H19N5O6. The number of rotatable bonds is 9. The number of hydrogen-bond donors (Lipinski definition) is 6. The van der Waals surface area contributed by atoms with Crippen LogP contribution in [0.3, 0.4) is 0 Å². The molecule has 22 heavy (non-hydrogen) atoms. The molecule has 0 radical (unpaired) electrons. The number of nitrogens with two attached hydrogens (primary N) is 2. The molecule has 0 unspecified atom stereocenters. The molecule has 4 amide bonds. The standard InChI is InChI=1S/C11H19N5O6/c1-5(11(21)22)15-10(20)6(2-7(13)17)16-9(19)4-14-8(18)3-12/h5-6H,2-4,12H2,1H3,(H2,13,17)(H,14,18)(H,15,20)(H,16,19)(H,21,22)/t5-,6-/m0/s1. The molecule has 0 saturated carbocycles. The van der Waals surface area contributed by atoms with Crippen molar-refractivity contribution in [2.45, 2.75) is 25.4 Å². The van der Waals surface area contributed by atoms with E-state index in [0.717, 1.165) is 0 Å². The van der Waals surface area contributed by atoms with Crippen LogP contribution in [0.15, 0.2) is 0 Å². The maximum atomic E-state index is 11.8. The number of aliphatic carboxylic acids is 1. The minimum absolute atomic E-state index is 0.311. The van der Waals surface area contributed by atoms with E-state index >= 15 is 0 Å². The van der Waals surface area contributed by atoms with Crippen molar-refractivity contribution in [2.75, 3.05) is 13.1 Å². The Labute approximate surface area is 125 Å². The largest absolute Gasteiger partial charge is 0.480 e. The minimum atomic E-state index is -1.35. The summed E-state index contributed by atoms with van der Waals surface area (Å²) < 4.78 is 0. The van der Waals surface area contributed by atoms with E-state index in [4.69, 9.17) is 16.6 Å². The quantitative estimate of drug-likeness (QED) is 0.249. The third kappa shape index (κ3) is 7.79. The van der Waals surface area contributed by atoms with Crippen molar-refractivity contribution >= 4 is 29.6 Å². The summed E-state index contributed by atoms with van der Waals surface area (Å²) in [5.41, 5.74) is 10.0. The second kappa shape index (κ2) is 9.28. The van der Waals surface area contributed by atoms with Gasteiger partial charge in [0.15, 0.2) is 0 Å². The van der Waals surface area contributed by atoms with Crippen LogP contribution in [-0.4, -0.2) is 59.9 Å². The highest BCUT2D eigenvalue weighted by molar-refractivity contribution is 5.94. The number of amides is 4. The van der Waals surface area contributed by atoms with Crippen LogP contribution in [0.5, 0.6) is 0 Å². The van der Waals surface area contributed by atoms with Gasteiger partial charge in [0.25, 0.3) is 0 Å². The maximum absolute atomic E-state index is 11.8. The van der Waals surface area contributed by atoms with Crippen molar-refractivity contribution in [1.29, 1.82) is 0 Å². The molecule has 0 aliphatic carbocycles. The topological polar surface area (TPSA) is 194 Å². The summed E-state index contributed by atoms with van der Waals surface area (Å²) in [6.45, 7) is 0.451. The maximum Gasteiger partial charge on any atom is 0.325 e. The van der Waals surface area contributed by atoms with E-state index in [1.54, 1.807) is 0 Å². The Bertz CT molecular complexity index is 466. The summed E-state index contributed by atoms with van der Waals surface area (Å²) in [6.07, 6.45) is -0.519. The molecule has 0 aromatic carbocycles. The Kier molecular flexibility index (Phi) is 8.15. The third-order valence-electron chi connectivity index (χ3n) is 2.42. The molecule has 0 heterocycles. The third-order valence-corrected chi connectivity index (χ3v) is 2.42. The zero-order valence-corrected chi connectivity index (χ0v) is 11.9. The molecule has 0 spiro atoms. The zero-order valence-electron chi connectivity index (χ0n) is 11.9. The molecule has 0 saturated heterocycles. The van der Waals surface area contributed by atoms with Crippen LogP contribution in [0.1, 0.15) is 13.3 Å². The smallest absolute Gasteiger partial charge is 0.325 e. The molecule has 8 N–H and O–H groups in total. The van der Waals surface area contributed by atoms with E-state index in [0.29, 0.717) is 0 Å². The minimum Gasteiger partial charge on any atom is -0.480 e. The number of carboxylic acid groups (broad SMARTS) is 1. The van der Waals surface area contributed by atoms with E-state index < -0.39 is 54.6 Å². The average molecular weight is 317 g/mol. The van der Waals surface area contributed by atoms with Gasteiger partial charge in [0.05, 0.1) is 19.5 Å².